The minimum atomic E-state index is -4.31. The van der Waals surface area contributed by atoms with Gasteiger partial charge in [-0.2, -0.15) is 13.2 Å². The molecule has 0 aliphatic carbocycles. The van der Waals surface area contributed by atoms with E-state index in [1.54, 1.807) is 6.92 Å². The summed E-state index contributed by atoms with van der Waals surface area (Å²) in [6.07, 6.45) is -5.40. The van der Waals surface area contributed by atoms with Gasteiger partial charge in [0.05, 0.1) is 12.3 Å². The van der Waals surface area contributed by atoms with Gasteiger partial charge in [-0.25, -0.2) is 4.79 Å². The molecule has 0 bridgehead atoms. The van der Waals surface area contributed by atoms with Crippen molar-refractivity contribution in [2.24, 2.45) is 11.8 Å². The molecular weight excluding hydrogens is 253 g/mol. The molecule has 18 heavy (non-hydrogen) atoms. The predicted octanol–water partition coefficient (Wildman–Crippen LogP) is 1.30. The van der Waals surface area contributed by atoms with Crippen LogP contribution in [0.2, 0.25) is 0 Å². The number of amides is 2. The number of carbonyl (C=O) groups excluding carboxylic acids is 1. The lowest BCUT2D eigenvalue weighted by Gasteiger charge is -2.17. The lowest BCUT2D eigenvalue weighted by molar-refractivity contribution is -0.142. The van der Waals surface area contributed by atoms with Gasteiger partial charge >= 0.3 is 18.2 Å². The van der Waals surface area contributed by atoms with Crippen molar-refractivity contribution in [3.63, 3.8) is 0 Å². The van der Waals surface area contributed by atoms with Crippen LogP contribution in [0.25, 0.3) is 0 Å². The van der Waals surface area contributed by atoms with Crippen LogP contribution in [-0.2, 0) is 4.79 Å². The standard InChI is InChI=1S/C10H15F3N2O3/c1-6-4-15(5-7(6)8(16)17)9(18)14-3-2-10(11,12)13/h6-7H,2-5H2,1H3,(H,14,18)(H,16,17)/t6-,7-/m1/s1. The molecule has 1 heterocycles. The zero-order valence-corrected chi connectivity index (χ0v) is 9.83. The summed E-state index contributed by atoms with van der Waals surface area (Å²) in [4.78, 5) is 23.6. The fourth-order valence-electron chi connectivity index (χ4n) is 1.88. The number of nitrogens with one attached hydrogen (secondary N) is 1. The molecule has 0 unspecified atom stereocenters. The van der Waals surface area contributed by atoms with Gasteiger partial charge in [0.2, 0.25) is 0 Å². The summed E-state index contributed by atoms with van der Waals surface area (Å²) in [5, 5.41) is 11.0. The Labute approximate surface area is 102 Å². The highest BCUT2D eigenvalue weighted by atomic mass is 19.4. The molecular formula is C10H15F3N2O3. The van der Waals surface area contributed by atoms with E-state index in [1.807, 2.05) is 0 Å². The highest BCUT2D eigenvalue weighted by molar-refractivity contribution is 5.77. The zero-order chi connectivity index (χ0) is 13.9. The van der Waals surface area contributed by atoms with E-state index in [-0.39, 0.29) is 19.0 Å². The van der Waals surface area contributed by atoms with Gasteiger partial charge in [0.25, 0.3) is 0 Å². The van der Waals surface area contributed by atoms with Crippen molar-refractivity contribution in [1.82, 2.24) is 10.2 Å². The maximum Gasteiger partial charge on any atom is 0.390 e. The SMILES string of the molecule is C[C@@H]1CN(C(=O)NCCC(F)(F)F)C[C@H]1C(=O)O. The molecule has 8 heteroatoms. The lowest BCUT2D eigenvalue weighted by Crippen LogP contribution is -2.40. The third-order valence-electron chi connectivity index (χ3n) is 2.90. The average Bonchev–Trinajstić information content (AvgIpc) is 2.58. The second-order valence-corrected chi connectivity index (χ2v) is 4.42. The molecule has 0 aromatic carbocycles. The Kier molecular flexibility index (Phi) is 4.42. The second-order valence-electron chi connectivity index (χ2n) is 4.42. The molecule has 0 aromatic rings. The predicted molar refractivity (Wildman–Crippen MR) is 55.9 cm³/mol. The fraction of sp³-hybridized carbons (Fsp3) is 0.800. The lowest BCUT2D eigenvalue weighted by atomic mass is 9.99. The van der Waals surface area contributed by atoms with E-state index in [2.05, 4.69) is 5.32 Å². The summed E-state index contributed by atoms with van der Waals surface area (Å²) in [7, 11) is 0. The van der Waals surface area contributed by atoms with Gasteiger partial charge in [0.15, 0.2) is 0 Å². The van der Waals surface area contributed by atoms with E-state index in [4.69, 9.17) is 5.11 Å². The van der Waals surface area contributed by atoms with Crippen LogP contribution in [0.5, 0.6) is 0 Å². The Morgan fingerprint density at radius 3 is 2.44 bits per heavy atom. The quantitative estimate of drug-likeness (QED) is 0.810. The first-order valence-electron chi connectivity index (χ1n) is 5.53. The third kappa shape index (κ3) is 4.08. The first-order valence-corrected chi connectivity index (χ1v) is 5.53. The molecule has 1 fully saturated rings. The molecule has 104 valence electrons. The van der Waals surface area contributed by atoms with Crippen molar-refractivity contribution in [2.45, 2.75) is 19.5 Å². The summed E-state index contributed by atoms with van der Waals surface area (Å²) in [6, 6.07) is -0.644. The van der Waals surface area contributed by atoms with E-state index in [0.717, 1.165) is 0 Å². The molecule has 2 N–H and O–H groups in total. The van der Waals surface area contributed by atoms with Crippen molar-refractivity contribution in [2.75, 3.05) is 19.6 Å². The van der Waals surface area contributed by atoms with Crippen LogP contribution < -0.4 is 5.32 Å². The molecule has 1 aliphatic heterocycles. The Balaban J connectivity index is 2.38. The highest BCUT2D eigenvalue weighted by Gasteiger charge is 2.37. The number of aliphatic carboxylic acids is 1. The monoisotopic (exact) mass is 268 g/mol. The molecule has 5 nitrogen and oxygen atoms in total. The van der Waals surface area contributed by atoms with Gasteiger partial charge < -0.3 is 15.3 Å². The van der Waals surface area contributed by atoms with Gasteiger partial charge in [0, 0.05) is 19.6 Å². The summed E-state index contributed by atoms with van der Waals surface area (Å²) in [6.45, 7) is 1.48. The van der Waals surface area contributed by atoms with Crippen LogP contribution in [0, 0.1) is 11.8 Å². The molecule has 0 radical (unpaired) electrons. The van der Waals surface area contributed by atoms with Gasteiger partial charge in [-0.3, -0.25) is 4.79 Å². The summed E-state index contributed by atoms with van der Waals surface area (Å²) < 4.78 is 35.6. The zero-order valence-electron chi connectivity index (χ0n) is 9.83. The minimum absolute atomic E-state index is 0.0361. The summed E-state index contributed by atoms with van der Waals surface area (Å²) >= 11 is 0. The van der Waals surface area contributed by atoms with E-state index in [9.17, 15) is 22.8 Å². The number of alkyl halides is 3. The number of carbonyl (C=O) groups is 2. The molecule has 2 amide bonds. The highest BCUT2D eigenvalue weighted by Crippen LogP contribution is 2.23. The number of likely N-dealkylation sites (tertiary alicyclic amines) is 1. The molecule has 0 saturated carbocycles. The molecule has 0 spiro atoms. The number of halogens is 3. The fourth-order valence-corrected chi connectivity index (χ4v) is 1.88. The Hall–Kier alpha value is -1.47. The van der Waals surface area contributed by atoms with Crippen molar-refractivity contribution in [3.8, 4) is 0 Å². The maximum atomic E-state index is 11.9. The normalized spacial score (nSPS) is 24.1. The van der Waals surface area contributed by atoms with Gasteiger partial charge in [-0.1, -0.05) is 6.92 Å². The van der Waals surface area contributed by atoms with Crippen molar-refractivity contribution >= 4 is 12.0 Å². The van der Waals surface area contributed by atoms with Crippen LogP contribution in [0.1, 0.15) is 13.3 Å². The first kappa shape index (κ1) is 14.6. The van der Waals surface area contributed by atoms with Crippen molar-refractivity contribution < 1.29 is 27.9 Å². The number of urea groups is 1. The maximum absolute atomic E-state index is 11.9. The topological polar surface area (TPSA) is 69.6 Å². The molecule has 1 saturated heterocycles. The van der Waals surface area contributed by atoms with E-state index < -0.39 is 37.1 Å². The Bertz CT molecular complexity index is 333. The number of hydrogen-bond acceptors (Lipinski definition) is 2. The van der Waals surface area contributed by atoms with E-state index in [0.29, 0.717) is 0 Å². The first-order chi connectivity index (χ1) is 8.20. The third-order valence-corrected chi connectivity index (χ3v) is 2.90. The number of hydrogen-bond donors (Lipinski definition) is 2. The molecule has 0 aromatic heterocycles. The summed E-state index contributed by atoms with van der Waals surface area (Å²) in [5.74, 6) is -1.85. The van der Waals surface area contributed by atoms with E-state index in [1.165, 1.54) is 4.90 Å². The second kappa shape index (κ2) is 5.45. The Morgan fingerprint density at radius 1 is 1.39 bits per heavy atom. The number of carboxylic acids is 1. The van der Waals surface area contributed by atoms with Crippen LogP contribution in [-0.4, -0.2) is 47.8 Å². The van der Waals surface area contributed by atoms with Gasteiger partial charge in [-0.15, -0.1) is 0 Å². The van der Waals surface area contributed by atoms with Gasteiger partial charge in [-0.05, 0) is 5.92 Å². The average molecular weight is 268 g/mol. The molecule has 2 atom stereocenters. The van der Waals surface area contributed by atoms with Crippen LogP contribution in [0.3, 0.4) is 0 Å². The molecule has 1 rings (SSSR count). The minimum Gasteiger partial charge on any atom is -0.481 e. The smallest absolute Gasteiger partial charge is 0.390 e. The molecule has 1 aliphatic rings. The van der Waals surface area contributed by atoms with Crippen LogP contribution in [0.4, 0.5) is 18.0 Å². The van der Waals surface area contributed by atoms with Crippen molar-refractivity contribution in [1.29, 1.82) is 0 Å². The number of carboxylic acid groups (broad SMARTS) is 1. The van der Waals surface area contributed by atoms with Crippen LogP contribution >= 0.6 is 0 Å². The number of rotatable bonds is 3. The number of nitrogens with zero attached hydrogens (tertiary/aromatic N) is 1. The van der Waals surface area contributed by atoms with Crippen LogP contribution in [0.15, 0.2) is 0 Å². The van der Waals surface area contributed by atoms with Gasteiger partial charge in [0.1, 0.15) is 0 Å². The van der Waals surface area contributed by atoms with Crippen molar-refractivity contribution in [3.05, 3.63) is 0 Å². The largest absolute Gasteiger partial charge is 0.481 e. The Morgan fingerprint density at radius 2 is 2.00 bits per heavy atom. The van der Waals surface area contributed by atoms with E-state index >= 15 is 0 Å². The summed E-state index contributed by atoms with van der Waals surface area (Å²) in [5.41, 5.74) is 0.